The van der Waals surface area contributed by atoms with Crippen LogP contribution in [0.4, 0.5) is 11.4 Å². The number of rotatable bonds is 5. The fourth-order valence-corrected chi connectivity index (χ4v) is 2.21. The van der Waals surface area contributed by atoms with Crippen molar-refractivity contribution in [3.8, 4) is 5.75 Å². The molecule has 3 N–H and O–H groups in total. The van der Waals surface area contributed by atoms with E-state index in [-0.39, 0.29) is 17.6 Å². The molecular weight excluding hydrogens is 304 g/mol. The first-order valence-corrected chi connectivity index (χ1v) is 7.66. The second-order valence-electron chi connectivity index (χ2n) is 5.32. The van der Waals surface area contributed by atoms with Crippen molar-refractivity contribution in [2.45, 2.75) is 20.3 Å². The maximum atomic E-state index is 12.1. The number of hydrogen-bond acceptors (Lipinski definition) is 3. The Labute approximate surface area is 141 Å². The molecule has 0 spiro atoms. The summed E-state index contributed by atoms with van der Waals surface area (Å²) in [6.07, 6.45) is 3.85. The van der Waals surface area contributed by atoms with Gasteiger partial charge in [-0.25, -0.2) is 0 Å². The molecule has 0 aliphatic rings. The Morgan fingerprint density at radius 1 is 1.08 bits per heavy atom. The lowest BCUT2D eigenvalue weighted by Crippen LogP contribution is -2.11. The highest BCUT2D eigenvalue weighted by molar-refractivity contribution is 6.03. The van der Waals surface area contributed by atoms with E-state index in [1.165, 1.54) is 13.0 Å². The SMILES string of the molecule is CCc1ccc(NC(C)=O)cc1NC(=O)/C=C/c1ccc(O)cc1. The van der Waals surface area contributed by atoms with E-state index in [0.717, 1.165) is 17.5 Å². The predicted molar refractivity (Wildman–Crippen MR) is 95.9 cm³/mol. The summed E-state index contributed by atoms with van der Waals surface area (Å²) < 4.78 is 0. The van der Waals surface area contributed by atoms with Crippen LogP contribution in [0.25, 0.3) is 6.08 Å². The number of hydrogen-bond donors (Lipinski definition) is 3. The van der Waals surface area contributed by atoms with Crippen molar-refractivity contribution in [3.63, 3.8) is 0 Å². The second-order valence-corrected chi connectivity index (χ2v) is 5.32. The topological polar surface area (TPSA) is 78.4 Å². The van der Waals surface area contributed by atoms with E-state index in [9.17, 15) is 14.7 Å². The molecular formula is C19H20N2O3. The second kappa shape index (κ2) is 7.97. The lowest BCUT2D eigenvalue weighted by molar-refractivity contribution is -0.114. The highest BCUT2D eigenvalue weighted by Crippen LogP contribution is 2.22. The Balaban J connectivity index is 2.12. The number of carbonyl (C=O) groups excluding carboxylic acids is 2. The zero-order valence-electron chi connectivity index (χ0n) is 13.7. The van der Waals surface area contributed by atoms with Crippen LogP contribution < -0.4 is 10.6 Å². The standard InChI is InChI=1S/C19H20N2O3/c1-3-15-7-8-16(20-13(2)22)12-18(15)21-19(24)11-6-14-4-9-17(23)10-5-14/h4-12,23H,3H2,1-2H3,(H,20,22)(H,21,24)/b11-6+. The monoisotopic (exact) mass is 324 g/mol. The average Bonchev–Trinajstić information content (AvgIpc) is 2.54. The van der Waals surface area contributed by atoms with E-state index in [0.29, 0.717) is 11.4 Å². The van der Waals surface area contributed by atoms with Crippen LogP contribution in [-0.4, -0.2) is 16.9 Å². The van der Waals surface area contributed by atoms with Gasteiger partial charge in [-0.2, -0.15) is 0 Å². The quantitative estimate of drug-likeness (QED) is 0.736. The molecule has 2 aromatic rings. The molecule has 0 atom stereocenters. The lowest BCUT2D eigenvalue weighted by Gasteiger charge is -2.11. The Morgan fingerprint density at radius 3 is 2.42 bits per heavy atom. The molecule has 0 aliphatic heterocycles. The van der Waals surface area contributed by atoms with Gasteiger partial charge in [0.25, 0.3) is 0 Å². The Kier molecular flexibility index (Phi) is 5.73. The van der Waals surface area contributed by atoms with Crippen molar-refractivity contribution in [3.05, 3.63) is 59.7 Å². The van der Waals surface area contributed by atoms with Gasteiger partial charge < -0.3 is 15.7 Å². The van der Waals surface area contributed by atoms with Crippen LogP contribution in [0.3, 0.4) is 0 Å². The van der Waals surface area contributed by atoms with Gasteiger partial charge >= 0.3 is 0 Å². The minimum absolute atomic E-state index is 0.163. The molecule has 2 aromatic carbocycles. The van der Waals surface area contributed by atoms with Crippen LogP contribution >= 0.6 is 0 Å². The predicted octanol–water partition coefficient (Wildman–Crippen LogP) is 3.56. The lowest BCUT2D eigenvalue weighted by atomic mass is 10.1. The molecule has 5 heteroatoms. The third-order valence-corrected chi connectivity index (χ3v) is 3.39. The van der Waals surface area contributed by atoms with Crippen molar-refractivity contribution in [2.24, 2.45) is 0 Å². The minimum Gasteiger partial charge on any atom is -0.508 e. The molecule has 24 heavy (non-hydrogen) atoms. The minimum atomic E-state index is -0.266. The summed E-state index contributed by atoms with van der Waals surface area (Å²) in [5, 5.41) is 14.8. The first-order chi connectivity index (χ1) is 11.5. The number of anilines is 2. The molecule has 0 radical (unpaired) electrons. The van der Waals surface area contributed by atoms with Crippen LogP contribution in [0, 0.1) is 0 Å². The van der Waals surface area contributed by atoms with E-state index in [1.807, 2.05) is 19.1 Å². The Bertz CT molecular complexity index is 765. The fraction of sp³-hybridized carbons (Fsp3) is 0.158. The molecule has 0 heterocycles. The smallest absolute Gasteiger partial charge is 0.248 e. The molecule has 2 rings (SSSR count). The van der Waals surface area contributed by atoms with Crippen molar-refractivity contribution < 1.29 is 14.7 Å². The van der Waals surface area contributed by atoms with Crippen LogP contribution in [0.1, 0.15) is 25.0 Å². The van der Waals surface area contributed by atoms with Crippen molar-refractivity contribution in [1.82, 2.24) is 0 Å². The van der Waals surface area contributed by atoms with E-state index < -0.39 is 0 Å². The maximum absolute atomic E-state index is 12.1. The number of aryl methyl sites for hydroxylation is 1. The Morgan fingerprint density at radius 2 is 1.79 bits per heavy atom. The molecule has 0 unspecified atom stereocenters. The van der Waals surface area contributed by atoms with Gasteiger partial charge in [0.15, 0.2) is 0 Å². The third kappa shape index (κ3) is 4.98. The van der Waals surface area contributed by atoms with Gasteiger partial charge in [0, 0.05) is 24.4 Å². The van der Waals surface area contributed by atoms with Crippen molar-refractivity contribution in [1.29, 1.82) is 0 Å². The molecule has 2 amide bonds. The van der Waals surface area contributed by atoms with Gasteiger partial charge in [-0.3, -0.25) is 9.59 Å². The Hall–Kier alpha value is -3.08. The normalized spacial score (nSPS) is 10.6. The van der Waals surface area contributed by atoms with Crippen LogP contribution in [0.15, 0.2) is 48.5 Å². The molecule has 5 nitrogen and oxygen atoms in total. The van der Waals surface area contributed by atoms with E-state index in [4.69, 9.17) is 0 Å². The van der Waals surface area contributed by atoms with Crippen LogP contribution in [0.2, 0.25) is 0 Å². The zero-order valence-corrected chi connectivity index (χ0v) is 13.7. The van der Waals surface area contributed by atoms with Gasteiger partial charge in [0.1, 0.15) is 5.75 Å². The first-order valence-electron chi connectivity index (χ1n) is 7.66. The number of aromatic hydroxyl groups is 1. The van der Waals surface area contributed by atoms with E-state index in [2.05, 4.69) is 10.6 Å². The fourth-order valence-electron chi connectivity index (χ4n) is 2.21. The number of phenolic OH excluding ortho intramolecular Hbond substituents is 1. The van der Waals surface area contributed by atoms with Crippen molar-refractivity contribution >= 4 is 29.3 Å². The number of benzene rings is 2. The van der Waals surface area contributed by atoms with Gasteiger partial charge in [-0.1, -0.05) is 25.1 Å². The number of carbonyl (C=O) groups is 2. The van der Waals surface area contributed by atoms with Crippen LogP contribution in [0.5, 0.6) is 5.75 Å². The first kappa shape index (κ1) is 17.3. The molecule has 0 aliphatic carbocycles. The third-order valence-electron chi connectivity index (χ3n) is 3.39. The number of amides is 2. The summed E-state index contributed by atoms with van der Waals surface area (Å²) in [6, 6.07) is 12.0. The summed E-state index contributed by atoms with van der Waals surface area (Å²) in [7, 11) is 0. The van der Waals surface area contributed by atoms with E-state index in [1.54, 1.807) is 36.4 Å². The number of nitrogens with one attached hydrogen (secondary N) is 2. The van der Waals surface area contributed by atoms with Gasteiger partial charge in [0.2, 0.25) is 11.8 Å². The van der Waals surface area contributed by atoms with Crippen molar-refractivity contribution in [2.75, 3.05) is 10.6 Å². The summed E-state index contributed by atoms with van der Waals surface area (Å²) in [5.74, 6) is -0.250. The molecule has 0 bridgehead atoms. The molecule has 124 valence electrons. The molecule has 0 fully saturated rings. The molecule has 0 saturated carbocycles. The summed E-state index contributed by atoms with van der Waals surface area (Å²) in [5.41, 5.74) is 3.10. The van der Waals surface area contributed by atoms with Gasteiger partial charge in [-0.15, -0.1) is 0 Å². The van der Waals surface area contributed by atoms with Gasteiger partial charge in [0.05, 0.1) is 0 Å². The van der Waals surface area contributed by atoms with E-state index >= 15 is 0 Å². The highest BCUT2D eigenvalue weighted by atomic mass is 16.3. The maximum Gasteiger partial charge on any atom is 0.248 e. The van der Waals surface area contributed by atoms with Gasteiger partial charge in [-0.05, 0) is 47.9 Å². The zero-order chi connectivity index (χ0) is 17.5. The summed E-state index contributed by atoms with van der Waals surface area (Å²) >= 11 is 0. The summed E-state index contributed by atoms with van der Waals surface area (Å²) in [6.45, 7) is 3.43. The van der Waals surface area contributed by atoms with Crippen LogP contribution in [-0.2, 0) is 16.0 Å². The number of phenols is 1. The summed E-state index contributed by atoms with van der Waals surface area (Å²) in [4.78, 5) is 23.3. The largest absolute Gasteiger partial charge is 0.508 e. The average molecular weight is 324 g/mol. The molecule has 0 aromatic heterocycles. The molecule has 0 saturated heterocycles. The highest BCUT2D eigenvalue weighted by Gasteiger charge is 2.06.